The van der Waals surface area contributed by atoms with Crippen molar-refractivity contribution in [2.45, 2.75) is 13.0 Å². The third-order valence-electron chi connectivity index (χ3n) is 3.31. The van der Waals surface area contributed by atoms with E-state index < -0.39 is 0 Å². The first-order valence-corrected chi connectivity index (χ1v) is 6.71. The van der Waals surface area contributed by atoms with Crippen molar-refractivity contribution in [3.63, 3.8) is 0 Å². The second-order valence-corrected chi connectivity index (χ2v) is 5.02. The Morgan fingerprint density at radius 3 is 2.55 bits per heavy atom. The Labute approximate surface area is 123 Å². The zero-order chi connectivity index (χ0) is 14.7. The van der Waals surface area contributed by atoms with E-state index in [0.29, 0.717) is 5.75 Å². The molecule has 0 spiro atoms. The topological polar surface area (TPSA) is 21.3 Å². The summed E-state index contributed by atoms with van der Waals surface area (Å²) in [6.07, 6.45) is 0. The molecule has 2 aromatic carbocycles. The van der Waals surface area contributed by atoms with Crippen LogP contribution in [0, 0.1) is 12.7 Å². The molecule has 2 aromatic rings. The highest BCUT2D eigenvalue weighted by atomic mass is 35.5. The van der Waals surface area contributed by atoms with Crippen molar-refractivity contribution in [1.29, 1.82) is 0 Å². The molecule has 4 heteroatoms. The van der Waals surface area contributed by atoms with Crippen LogP contribution in [0.15, 0.2) is 36.4 Å². The largest absolute Gasteiger partial charge is 0.496 e. The molecule has 0 aliphatic heterocycles. The van der Waals surface area contributed by atoms with E-state index in [4.69, 9.17) is 16.3 Å². The maximum Gasteiger partial charge on any atom is 0.124 e. The minimum Gasteiger partial charge on any atom is -0.496 e. The van der Waals surface area contributed by atoms with E-state index in [2.05, 4.69) is 5.32 Å². The lowest BCUT2D eigenvalue weighted by Crippen LogP contribution is -2.18. The van der Waals surface area contributed by atoms with Gasteiger partial charge in [0.25, 0.3) is 0 Å². The zero-order valence-electron chi connectivity index (χ0n) is 11.7. The number of nitrogens with one attached hydrogen (secondary N) is 1. The molecule has 2 nitrogen and oxygen atoms in total. The number of halogens is 2. The first kappa shape index (κ1) is 14.8. The molecule has 0 amide bonds. The SMILES string of the molecule is CNC(c1ccc(Cl)c(C)c1)c1cc(F)ccc1OC. The van der Waals surface area contributed by atoms with Gasteiger partial charge in [-0.15, -0.1) is 0 Å². The van der Waals surface area contributed by atoms with Crippen LogP contribution in [0.3, 0.4) is 0 Å². The molecule has 0 aromatic heterocycles. The smallest absolute Gasteiger partial charge is 0.124 e. The molecule has 1 N–H and O–H groups in total. The number of methoxy groups -OCH3 is 1. The molecule has 0 aliphatic carbocycles. The Hall–Kier alpha value is -1.58. The van der Waals surface area contributed by atoms with Gasteiger partial charge in [-0.25, -0.2) is 4.39 Å². The fraction of sp³-hybridized carbons (Fsp3) is 0.250. The summed E-state index contributed by atoms with van der Waals surface area (Å²) >= 11 is 6.05. The molecule has 1 unspecified atom stereocenters. The fourth-order valence-electron chi connectivity index (χ4n) is 2.28. The summed E-state index contributed by atoms with van der Waals surface area (Å²) in [7, 11) is 3.41. The third kappa shape index (κ3) is 2.94. The van der Waals surface area contributed by atoms with Gasteiger partial charge in [0.05, 0.1) is 13.2 Å². The molecule has 1 atom stereocenters. The first-order valence-electron chi connectivity index (χ1n) is 6.33. The maximum atomic E-state index is 13.5. The van der Waals surface area contributed by atoms with Gasteiger partial charge in [0.15, 0.2) is 0 Å². The molecule has 0 saturated carbocycles. The monoisotopic (exact) mass is 293 g/mol. The van der Waals surface area contributed by atoms with Gasteiger partial charge in [-0.1, -0.05) is 23.7 Å². The summed E-state index contributed by atoms with van der Waals surface area (Å²) in [6, 6.07) is 10.1. The first-order chi connectivity index (χ1) is 9.56. The van der Waals surface area contributed by atoms with E-state index in [0.717, 1.165) is 21.7 Å². The number of hydrogen-bond acceptors (Lipinski definition) is 2. The average Bonchev–Trinajstić information content (AvgIpc) is 2.44. The van der Waals surface area contributed by atoms with Crippen molar-refractivity contribution in [2.24, 2.45) is 0 Å². The van der Waals surface area contributed by atoms with E-state index >= 15 is 0 Å². The van der Waals surface area contributed by atoms with E-state index in [1.807, 2.05) is 32.2 Å². The molecule has 0 heterocycles. The zero-order valence-corrected chi connectivity index (χ0v) is 12.5. The van der Waals surface area contributed by atoms with Gasteiger partial charge in [0.1, 0.15) is 11.6 Å². The normalized spacial score (nSPS) is 12.2. The predicted octanol–water partition coefficient (Wildman–Crippen LogP) is 4.10. The van der Waals surface area contributed by atoms with Crippen LogP contribution in [0.2, 0.25) is 5.02 Å². The van der Waals surface area contributed by atoms with Crippen LogP contribution in [-0.4, -0.2) is 14.2 Å². The van der Waals surface area contributed by atoms with Crippen molar-refractivity contribution in [1.82, 2.24) is 5.32 Å². The molecule has 0 radical (unpaired) electrons. The number of benzene rings is 2. The van der Waals surface area contributed by atoms with Crippen LogP contribution < -0.4 is 10.1 Å². The standard InChI is InChI=1S/C16H17ClFNO/c1-10-8-11(4-6-14(10)17)16(19-2)13-9-12(18)5-7-15(13)20-3/h4-9,16,19H,1-3H3. The third-order valence-corrected chi connectivity index (χ3v) is 3.73. The molecule has 0 fully saturated rings. The summed E-state index contributed by atoms with van der Waals surface area (Å²) in [5.74, 6) is 0.366. The predicted molar refractivity (Wildman–Crippen MR) is 80.0 cm³/mol. The van der Waals surface area contributed by atoms with E-state index in [1.165, 1.54) is 12.1 Å². The van der Waals surface area contributed by atoms with Gasteiger partial charge in [-0.2, -0.15) is 0 Å². The van der Waals surface area contributed by atoms with E-state index in [9.17, 15) is 4.39 Å². The minimum atomic E-state index is -0.285. The van der Waals surface area contributed by atoms with Gasteiger partial charge in [-0.05, 0) is 49.4 Å². The molecule has 0 saturated heterocycles. The quantitative estimate of drug-likeness (QED) is 0.916. The van der Waals surface area contributed by atoms with Crippen LogP contribution >= 0.6 is 11.6 Å². The van der Waals surface area contributed by atoms with Crippen LogP contribution in [0.1, 0.15) is 22.7 Å². The summed E-state index contributed by atoms with van der Waals surface area (Å²) in [6.45, 7) is 1.95. The minimum absolute atomic E-state index is 0.156. The van der Waals surface area contributed by atoms with Crippen molar-refractivity contribution in [2.75, 3.05) is 14.2 Å². The van der Waals surface area contributed by atoms with Gasteiger partial charge < -0.3 is 10.1 Å². The molecule has 20 heavy (non-hydrogen) atoms. The molecule has 106 valence electrons. The highest BCUT2D eigenvalue weighted by Gasteiger charge is 2.18. The van der Waals surface area contributed by atoms with Crippen LogP contribution in [0.5, 0.6) is 5.75 Å². The van der Waals surface area contributed by atoms with Crippen LogP contribution in [-0.2, 0) is 0 Å². The second-order valence-electron chi connectivity index (χ2n) is 4.62. The van der Waals surface area contributed by atoms with Crippen molar-refractivity contribution >= 4 is 11.6 Å². The number of rotatable bonds is 4. The summed E-state index contributed by atoms with van der Waals surface area (Å²) in [5, 5.41) is 3.91. The van der Waals surface area contributed by atoms with Crippen LogP contribution in [0.25, 0.3) is 0 Å². The van der Waals surface area contributed by atoms with Gasteiger partial charge in [0, 0.05) is 10.6 Å². The Morgan fingerprint density at radius 1 is 1.20 bits per heavy atom. The Kier molecular flexibility index (Phi) is 4.63. The lowest BCUT2D eigenvalue weighted by molar-refractivity contribution is 0.404. The van der Waals surface area contributed by atoms with Crippen molar-refractivity contribution < 1.29 is 9.13 Å². The summed E-state index contributed by atoms with van der Waals surface area (Å²) in [5.41, 5.74) is 2.76. The molecule has 0 bridgehead atoms. The highest BCUT2D eigenvalue weighted by molar-refractivity contribution is 6.31. The number of hydrogen-bond donors (Lipinski definition) is 1. The van der Waals surface area contributed by atoms with Crippen molar-refractivity contribution in [3.8, 4) is 5.75 Å². The van der Waals surface area contributed by atoms with Gasteiger partial charge >= 0.3 is 0 Å². The fourth-order valence-corrected chi connectivity index (χ4v) is 2.40. The lowest BCUT2D eigenvalue weighted by Gasteiger charge is -2.20. The average molecular weight is 294 g/mol. The van der Waals surface area contributed by atoms with E-state index in [1.54, 1.807) is 13.2 Å². The molecule has 0 aliphatic rings. The van der Waals surface area contributed by atoms with Crippen LogP contribution in [0.4, 0.5) is 4.39 Å². The van der Waals surface area contributed by atoms with Crippen molar-refractivity contribution in [3.05, 3.63) is 63.9 Å². The summed E-state index contributed by atoms with van der Waals surface area (Å²) < 4.78 is 18.9. The van der Waals surface area contributed by atoms with Gasteiger partial charge in [0.2, 0.25) is 0 Å². The van der Waals surface area contributed by atoms with Gasteiger partial charge in [-0.3, -0.25) is 0 Å². The molecule has 2 rings (SSSR count). The highest BCUT2D eigenvalue weighted by Crippen LogP contribution is 2.32. The number of aryl methyl sites for hydroxylation is 1. The Morgan fingerprint density at radius 2 is 1.95 bits per heavy atom. The summed E-state index contributed by atoms with van der Waals surface area (Å²) in [4.78, 5) is 0. The molecular weight excluding hydrogens is 277 g/mol. The Balaban J connectivity index is 2.51. The Bertz CT molecular complexity index is 615. The molecular formula is C16H17ClFNO. The second kappa shape index (κ2) is 6.25. The maximum absolute atomic E-state index is 13.5. The number of ether oxygens (including phenoxy) is 1. The lowest BCUT2D eigenvalue weighted by atomic mass is 9.96. The van der Waals surface area contributed by atoms with E-state index in [-0.39, 0.29) is 11.9 Å².